The summed E-state index contributed by atoms with van der Waals surface area (Å²) in [5.74, 6) is 0.430. The van der Waals surface area contributed by atoms with Gasteiger partial charge in [-0.1, -0.05) is 19.1 Å². The van der Waals surface area contributed by atoms with Gasteiger partial charge in [0.05, 0.1) is 24.3 Å². The van der Waals surface area contributed by atoms with Crippen molar-refractivity contribution in [1.29, 1.82) is 0 Å². The molecule has 3 rings (SSSR count). The number of rotatable bonds is 3. The van der Waals surface area contributed by atoms with Crippen LogP contribution in [0.15, 0.2) is 36.8 Å². The topological polar surface area (TPSA) is 69.8 Å². The summed E-state index contributed by atoms with van der Waals surface area (Å²) < 4.78 is 0. The van der Waals surface area contributed by atoms with Crippen LogP contribution in [0, 0.1) is 5.92 Å². The molecule has 1 fully saturated rings. The first-order valence-corrected chi connectivity index (χ1v) is 7.37. The second kappa shape index (κ2) is 6.10. The highest BCUT2D eigenvalue weighted by Gasteiger charge is 2.27. The summed E-state index contributed by atoms with van der Waals surface area (Å²) in [6, 6.07) is 7.69. The van der Waals surface area contributed by atoms with Crippen molar-refractivity contribution in [3.05, 3.63) is 36.8 Å². The summed E-state index contributed by atoms with van der Waals surface area (Å²) in [7, 11) is 0. The molecule has 0 spiro atoms. The molecule has 5 heteroatoms. The van der Waals surface area contributed by atoms with E-state index < -0.39 is 0 Å². The standard InChI is InChI=1S/C16H20N4O/c1-11-3-2-8-18-15(11)16(21)20-13-6-4-12(5-7-13)14-9-17-10-19-14/h4-7,9-11,15,18H,2-3,8H2,1H3,(H,17,19)(H,20,21). The smallest absolute Gasteiger partial charge is 0.241 e. The number of nitrogens with one attached hydrogen (secondary N) is 3. The first kappa shape index (κ1) is 13.8. The van der Waals surface area contributed by atoms with E-state index in [0.717, 1.165) is 36.3 Å². The zero-order valence-electron chi connectivity index (χ0n) is 12.1. The molecule has 0 radical (unpaired) electrons. The van der Waals surface area contributed by atoms with Gasteiger partial charge in [0.1, 0.15) is 0 Å². The van der Waals surface area contributed by atoms with E-state index >= 15 is 0 Å². The summed E-state index contributed by atoms with van der Waals surface area (Å²) in [6.07, 6.45) is 5.68. The van der Waals surface area contributed by atoms with Gasteiger partial charge in [-0.15, -0.1) is 0 Å². The highest BCUT2D eigenvalue weighted by molar-refractivity contribution is 5.95. The number of hydrogen-bond donors (Lipinski definition) is 3. The number of piperidine rings is 1. The maximum Gasteiger partial charge on any atom is 0.241 e. The maximum absolute atomic E-state index is 12.3. The van der Waals surface area contributed by atoms with Gasteiger partial charge in [-0.3, -0.25) is 4.79 Å². The van der Waals surface area contributed by atoms with E-state index in [0.29, 0.717) is 5.92 Å². The molecule has 2 unspecified atom stereocenters. The normalized spacial score (nSPS) is 22.0. The van der Waals surface area contributed by atoms with Crippen LogP contribution in [0.3, 0.4) is 0 Å². The molecule has 1 amide bonds. The number of nitrogens with zero attached hydrogens (tertiary/aromatic N) is 1. The summed E-state index contributed by atoms with van der Waals surface area (Å²) in [5, 5.41) is 6.28. The van der Waals surface area contributed by atoms with Crippen LogP contribution in [-0.4, -0.2) is 28.5 Å². The molecule has 2 heterocycles. The molecular weight excluding hydrogens is 264 g/mol. The lowest BCUT2D eigenvalue weighted by Crippen LogP contribution is -2.48. The number of amides is 1. The molecule has 1 aliphatic rings. The molecule has 2 aromatic rings. The summed E-state index contributed by atoms with van der Waals surface area (Å²) in [4.78, 5) is 19.4. The minimum absolute atomic E-state index is 0.0523. The minimum atomic E-state index is -0.0916. The zero-order valence-corrected chi connectivity index (χ0v) is 12.1. The Kier molecular flexibility index (Phi) is 4.01. The Bertz CT molecular complexity index is 591. The summed E-state index contributed by atoms with van der Waals surface area (Å²) in [5.41, 5.74) is 2.84. The molecule has 110 valence electrons. The molecule has 0 saturated carbocycles. The van der Waals surface area contributed by atoms with Gasteiger partial charge in [0.25, 0.3) is 0 Å². The van der Waals surface area contributed by atoms with Gasteiger partial charge in [-0.2, -0.15) is 0 Å². The van der Waals surface area contributed by atoms with E-state index in [1.807, 2.05) is 24.3 Å². The zero-order chi connectivity index (χ0) is 14.7. The van der Waals surface area contributed by atoms with Crippen LogP contribution in [0.4, 0.5) is 5.69 Å². The molecule has 0 aliphatic carbocycles. The minimum Gasteiger partial charge on any atom is -0.345 e. The van der Waals surface area contributed by atoms with Gasteiger partial charge in [0, 0.05) is 5.69 Å². The number of carbonyl (C=O) groups excluding carboxylic acids is 1. The van der Waals surface area contributed by atoms with Crippen LogP contribution >= 0.6 is 0 Å². The molecule has 1 aromatic heterocycles. The molecular formula is C16H20N4O. The predicted molar refractivity (Wildman–Crippen MR) is 82.8 cm³/mol. The Hall–Kier alpha value is -2.14. The van der Waals surface area contributed by atoms with Crippen molar-refractivity contribution in [2.75, 3.05) is 11.9 Å². The monoisotopic (exact) mass is 284 g/mol. The van der Waals surface area contributed by atoms with Crippen molar-refractivity contribution in [2.24, 2.45) is 5.92 Å². The van der Waals surface area contributed by atoms with Gasteiger partial charge >= 0.3 is 0 Å². The fourth-order valence-corrected chi connectivity index (χ4v) is 2.77. The summed E-state index contributed by atoms with van der Waals surface area (Å²) in [6.45, 7) is 3.04. The quantitative estimate of drug-likeness (QED) is 0.810. The highest BCUT2D eigenvalue weighted by Crippen LogP contribution is 2.20. The third kappa shape index (κ3) is 3.13. The molecule has 1 aromatic carbocycles. The average Bonchev–Trinajstić information content (AvgIpc) is 3.02. The van der Waals surface area contributed by atoms with E-state index in [1.54, 1.807) is 12.5 Å². The molecule has 2 atom stereocenters. The van der Waals surface area contributed by atoms with E-state index in [1.165, 1.54) is 0 Å². The Morgan fingerprint density at radius 3 is 2.81 bits per heavy atom. The number of anilines is 1. The molecule has 3 N–H and O–H groups in total. The Balaban J connectivity index is 1.66. The number of H-pyrrole nitrogens is 1. The number of hydrogen-bond acceptors (Lipinski definition) is 3. The number of benzene rings is 1. The molecule has 0 bridgehead atoms. The first-order valence-electron chi connectivity index (χ1n) is 7.37. The Morgan fingerprint density at radius 2 is 2.14 bits per heavy atom. The Morgan fingerprint density at radius 1 is 1.33 bits per heavy atom. The van der Waals surface area contributed by atoms with Crippen molar-refractivity contribution >= 4 is 11.6 Å². The first-order chi connectivity index (χ1) is 10.2. The van der Waals surface area contributed by atoms with Crippen LogP contribution in [-0.2, 0) is 4.79 Å². The van der Waals surface area contributed by atoms with Crippen LogP contribution in [0.2, 0.25) is 0 Å². The van der Waals surface area contributed by atoms with Crippen molar-refractivity contribution in [3.8, 4) is 11.3 Å². The van der Waals surface area contributed by atoms with Crippen molar-refractivity contribution in [3.63, 3.8) is 0 Å². The van der Waals surface area contributed by atoms with Crippen molar-refractivity contribution in [2.45, 2.75) is 25.8 Å². The lowest BCUT2D eigenvalue weighted by atomic mass is 9.92. The number of imidazole rings is 1. The van der Waals surface area contributed by atoms with Crippen molar-refractivity contribution < 1.29 is 4.79 Å². The van der Waals surface area contributed by atoms with E-state index in [4.69, 9.17) is 0 Å². The second-order valence-electron chi connectivity index (χ2n) is 5.58. The van der Waals surface area contributed by atoms with Gasteiger partial charge in [-0.25, -0.2) is 4.98 Å². The fraction of sp³-hybridized carbons (Fsp3) is 0.375. The molecule has 21 heavy (non-hydrogen) atoms. The molecule has 1 aliphatic heterocycles. The second-order valence-corrected chi connectivity index (χ2v) is 5.58. The third-order valence-corrected chi connectivity index (χ3v) is 4.01. The SMILES string of the molecule is CC1CCCNC1C(=O)Nc1ccc(-c2cnc[nH]2)cc1. The van der Waals surface area contributed by atoms with Gasteiger partial charge < -0.3 is 15.6 Å². The fourth-order valence-electron chi connectivity index (χ4n) is 2.77. The van der Waals surface area contributed by atoms with Crippen LogP contribution < -0.4 is 10.6 Å². The lowest BCUT2D eigenvalue weighted by Gasteiger charge is -2.28. The number of aromatic nitrogens is 2. The van der Waals surface area contributed by atoms with E-state index in [2.05, 4.69) is 27.5 Å². The predicted octanol–water partition coefficient (Wildman–Crippen LogP) is 2.40. The van der Waals surface area contributed by atoms with Crippen molar-refractivity contribution in [1.82, 2.24) is 15.3 Å². The summed E-state index contributed by atoms with van der Waals surface area (Å²) >= 11 is 0. The molecule has 1 saturated heterocycles. The van der Waals surface area contributed by atoms with Gasteiger partial charge in [0.2, 0.25) is 5.91 Å². The molecule has 5 nitrogen and oxygen atoms in total. The largest absolute Gasteiger partial charge is 0.345 e. The number of aromatic amines is 1. The Labute approximate surface area is 124 Å². The van der Waals surface area contributed by atoms with E-state index in [-0.39, 0.29) is 11.9 Å². The van der Waals surface area contributed by atoms with Crippen LogP contribution in [0.1, 0.15) is 19.8 Å². The van der Waals surface area contributed by atoms with E-state index in [9.17, 15) is 4.79 Å². The number of carbonyl (C=O) groups is 1. The third-order valence-electron chi connectivity index (χ3n) is 4.01. The van der Waals surface area contributed by atoms with Crippen LogP contribution in [0.5, 0.6) is 0 Å². The lowest BCUT2D eigenvalue weighted by molar-refractivity contribution is -0.119. The van der Waals surface area contributed by atoms with Gasteiger partial charge in [-0.05, 0) is 43.0 Å². The highest BCUT2D eigenvalue weighted by atomic mass is 16.2. The van der Waals surface area contributed by atoms with Gasteiger partial charge in [0.15, 0.2) is 0 Å². The van der Waals surface area contributed by atoms with Crippen LogP contribution in [0.25, 0.3) is 11.3 Å². The maximum atomic E-state index is 12.3. The average molecular weight is 284 g/mol.